The van der Waals surface area contributed by atoms with Crippen LogP contribution in [-0.2, 0) is 11.3 Å². The number of nitrogens with one attached hydrogen (secondary N) is 1. The van der Waals surface area contributed by atoms with Gasteiger partial charge in [-0.3, -0.25) is 9.59 Å². The Hall–Kier alpha value is -2.21. The largest absolute Gasteiger partial charge is 0.353 e. The Morgan fingerprint density at radius 3 is 2.55 bits per heavy atom. The Balaban J connectivity index is 1.12. The fourth-order valence-corrected chi connectivity index (χ4v) is 8.76. The highest BCUT2D eigenvalue weighted by Gasteiger charge is 2.53. The van der Waals surface area contributed by atoms with Gasteiger partial charge in [0.1, 0.15) is 0 Å². The van der Waals surface area contributed by atoms with E-state index in [1.807, 2.05) is 25.1 Å². The smallest absolute Gasteiger partial charge is 0.276 e. The van der Waals surface area contributed by atoms with E-state index < -0.39 is 0 Å². The van der Waals surface area contributed by atoms with Gasteiger partial charge in [0.15, 0.2) is 0 Å². The highest BCUT2D eigenvalue weighted by atomic mass is 32.1. The Morgan fingerprint density at radius 2 is 1.85 bits per heavy atom. The van der Waals surface area contributed by atoms with Crippen molar-refractivity contribution in [1.29, 1.82) is 0 Å². The van der Waals surface area contributed by atoms with Gasteiger partial charge in [0, 0.05) is 29.1 Å². The molecule has 0 spiro atoms. The summed E-state index contributed by atoms with van der Waals surface area (Å²) in [7, 11) is 0. The van der Waals surface area contributed by atoms with Crippen molar-refractivity contribution in [3.8, 4) is 0 Å². The lowest BCUT2D eigenvalue weighted by molar-refractivity contribution is -0.126. The van der Waals surface area contributed by atoms with Crippen LogP contribution in [0.5, 0.6) is 0 Å². The van der Waals surface area contributed by atoms with Gasteiger partial charge in [0.05, 0.1) is 15.8 Å². The van der Waals surface area contributed by atoms with Gasteiger partial charge < -0.3 is 5.32 Å². The highest BCUT2D eigenvalue weighted by Crippen LogP contribution is 2.61. The molecule has 4 aliphatic rings. The second-order valence-corrected chi connectivity index (χ2v) is 12.1. The summed E-state index contributed by atoms with van der Waals surface area (Å²) in [4.78, 5) is 26.0. The number of thiophene rings is 1. The summed E-state index contributed by atoms with van der Waals surface area (Å²) in [5, 5.41) is 9.69. The van der Waals surface area contributed by atoms with Gasteiger partial charge in [-0.2, -0.15) is 5.10 Å². The van der Waals surface area contributed by atoms with Crippen LogP contribution in [0.15, 0.2) is 29.1 Å². The van der Waals surface area contributed by atoms with Crippen LogP contribution in [0.2, 0.25) is 0 Å². The van der Waals surface area contributed by atoms with Crippen LogP contribution in [0.1, 0.15) is 64.0 Å². The van der Waals surface area contributed by atoms with Crippen molar-refractivity contribution >= 4 is 37.4 Å². The van der Waals surface area contributed by atoms with E-state index in [0.717, 1.165) is 43.6 Å². The summed E-state index contributed by atoms with van der Waals surface area (Å²) in [5.41, 5.74) is 1.16. The van der Waals surface area contributed by atoms with Crippen LogP contribution in [-0.4, -0.2) is 21.7 Å². The summed E-state index contributed by atoms with van der Waals surface area (Å²) in [6.45, 7) is 4.67. The number of aryl methyl sites for hydroxylation is 2. The topological polar surface area (TPSA) is 64.0 Å². The zero-order valence-corrected chi connectivity index (χ0v) is 20.4. The summed E-state index contributed by atoms with van der Waals surface area (Å²) >= 11 is 1.63. The van der Waals surface area contributed by atoms with E-state index in [1.54, 1.807) is 16.0 Å². The number of carbonyl (C=O) groups excluding carboxylic acids is 1. The average Bonchev–Trinajstić information content (AvgIpc) is 3.17. The molecule has 33 heavy (non-hydrogen) atoms. The predicted octanol–water partition coefficient (Wildman–Crippen LogP) is 5.42. The summed E-state index contributed by atoms with van der Waals surface area (Å²) in [6.07, 6.45) is 9.22. The van der Waals surface area contributed by atoms with Crippen molar-refractivity contribution in [3.63, 3.8) is 0 Å². The Kier molecular flexibility index (Phi) is 5.13. The van der Waals surface area contributed by atoms with Crippen molar-refractivity contribution in [1.82, 2.24) is 15.1 Å². The second-order valence-electron chi connectivity index (χ2n) is 11.1. The molecular formula is C27H33N3O2S. The van der Waals surface area contributed by atoms with Gasteiger partial charge in [-0.1, -0.05) is 18.2 Å². The van der Waals surface area contributed by atoms with E-state index in [9.17, 15) is 9.59 Å². The minimum Gasteiger partial charge on any atom is -0.353 e. The molecule has 4 bridgehead atoms. The van der Waals surface area contributed by atoms with Crippen molar-refractivity contribution in [2.24, 2.45) is 23.2 Å². The second kappa shape index (κ2) is 7.93. The van der Waals surface area contributed by atoms with Gasteiger partial charge in [-0.25, -0.2) is 4.68 Å². The average molecular weight is 464 g/mol. The van der Waals surface area contributed by atoms with Crippen LogP contribution < -0.4 is 10.9 Å². The molecule has 0 saturated heterocycles. The van der Waals surface area contributed by atoms with Crippen LogP contribution in [0.25, 0.3) is 20.2 Å². The quantitative estimate of drug-likeness (QED) is 0.531. The van der Waals surface area contributed by atoms with E-state index in [1.165, 1.54) is 38.5 Å². The fourth-order valence-electron chi connectivity index (χ4n) is 7.63. The molecule has 1 N–H and O–H groups in total. The third kappa shape index (κ3) is 3.61. The molecule has 4 aliphatic carbocycles. The molecule has 2 aromatic heterocycles. The van der Waals surface area contributed by atoms with E-state index in [4.69, 9.17) is 0 Å². The maximum Gasteiger partial charge on any atom is 0.276 e. The molecule has 174 valence electrons. The molecule has 1 unspecified atom stereocenters. The Labute approximate surface area is 198 Å². The van der Waals surface area contributed by atoms with Crippen LogP contribution in [0, 0.1) is 30.1 Å². The van der Waals surface area contributed by atoms with Crippen molar-refractivity contribution < 1.29 is 4.79 Å². The third-order valence-electron chi connectivity index (χ3n) is 8.80. The van der Waals surface area contributed by atoms with Crippen molar-refractivity contribution in [2.75, 3.05) is 0 Å². The van der Waals surface area contributed by atoms with Gasteiger partial charge in [-0.15, -0.1) is 11.3 Å². The van der Waals surface area contributed by atoms with Crippen LogP contribution in [0.3, 0.4) is 0 Å². The lowest BCUT2D eigenvalue weighted by Crippen LogP contribution is -2.55. The molecule has 4 fully saturated rings. The molecule has 0 radical (unpaired) electrons. The van der Waals surface area contributed by atoms with E-state index in [-0.39, 0.29) is 17.5 Å². The van der Waals surface area contributed by atoms with Crippen LogP contribution in [0.4, 0.5) is 0 Å². The molecule has 0 aliphatic heterocycles. The maximum atomic E-state index is 13.2. The van der Waals surface area contributed by atoms with Crippen molar-refractivity contribution in [3.05, 3.63) is 40.3 Å². The molecule has 4 saturated carbocycles. The fraction of sp³-hybridized carbons (Fsp3) is 0.593. The molecule has 1 aromatic carbocycles. The number of hydrogen-bond acceptors (Lipinski definition) is 4. The Bertz CT molecular complexity index is 1250. The highest BCUT2D eigenvalue weighted by molar-refractivity contribution is 7.26. The molecule has 6 heteroatoms. The van der Waals surface area contributed by atoms with E-state index in [2.05, 4.69) is 23.4 Å². The lowest BCUT2D eigenvalue weighted by Gasteiger charge is -2.59. The third-order valence-corrected chi connectivity index (χ3v) is 10.1. The molecule has 1 atom stereocenters. The minimum atomic E-state index is -0.0459. The summed E-state index contributed by atoms with van der Waals surface area (Å²) in [5.74, 6) is 2.78. The molecular weight excluding hydrogens is 430 g/mol. The SMILES string of the molecule is Cc1nn(CCCC(=O)NC(C)C23CC4CC(CC(C4)C2)C3)c(=O)c2c1sc1ccccc12. The predicted molar refractivity (Wildman–Crippen MR) is 134 cm³/mol. The molecule has 2 heterocycles. The van der Waals surface area contributed by atoms with Crippen molar-refractivity contribution in [2.45, 2.75) is 77.8 Å². The minimum absolute atomic E-state index is 0.0459. The van der Waals surface area contributed by atoms with E-state index >= 15 is 0 Å². The first-order valence-corrected chi connectivity index (χ1v) is 13.4. The molecule has 5 nitrogen and oxygen atoms in total. The monoisotopic (exact) mass is 463 g/mol. The summed E-state index contributed by atoms with van der Waals surface area (Å²) < 4.78 is 3.65. The summed E-state index contributed by atoms with van der Waals surface area (Å²) in [6, 6.07) is 8.29. The number of benzene rings is 1. The number of amides is 1. The standard InChI is InChI=1S/C27H33N3O2S/c1-16-25-24(21-6-3-4-7-22(21)33-25)26(32)30(29-16)9-5-8-23(31)28-17(2)27-13-18-10-19(14-27)12-20(11-18)15-27/h3-4,6-7,17-20H,5,8-15H2,1-2H3,(H,28,31). The lowest BCUT2D eigenvalue weighted by atomic mass is 9.48. The normalized spacial score (nSPS) is 29.1. The number of fused-ring (bicyclic) bond motifs is 3. The van der Waals surface area contributed by atoms with Gasteiger partial charge in [0.2, 0.25) is 5.91 Å². The zero-order valence-electron chi connectivity index (χ0n) is 19.6. The number of rotatable bonds is 6. The van der Waals surface area contributed by atoms with Crippen LogP contribution >= 0.6 is 11.3 Å². The Morgan fingerprint density at radius 1 is 1.18 bits per heavy atom. The number of carbonyl (C=O) groups is 1. The first-order valence-electron chi connectivity index (χ1n) is 12.6. The molecule has 7 rings (SSSR count). The van der Waals surface area contributed by atoms with E-state index in [0.29, 0.717) is 24.8 Å². The number of aromatic nitrogens is 2. The number of nitrogens with zero attached hydrogens (tertiary/aromatic N) is 2. The molecule has 3 aromatic rings. The van der Waals surface area contributed by atoms with Gasteiger partial charge in [0.25, 0.3) is 5.56 Å². The first kappa shape index (κ1) is 21.3. The number of hydrogen-bond donors (Lipinski definition) is 1. The maximum absolute atomic E-state index is 13.2. The first-order chi connectivity index (χ1) is 15.9. The zero-order chi connectivity index (χ0) is 22.7. The molecule has 1 amide bonds. The van der Waals surface area contributed by atoms with Gasteiger partial charge >= 0.3 is 0 Å². The van der Waals surface area contributed by atoms with Gasteiger partial charge in [-0.05, 0) is 88.0 Å².